The van der Waals surface area contributed by atoms with Crippen molar-refractivity contribution in [3.8, 4) is 0 Å². The molecule has 0 aliphatic heterocycles. The second-order valence-corrected chi connectivity index (χ2v) is 9.14. The molecule has 6 nitrogen and oxygen atoms in total. The minimum atomic E-state index is -0.527. The zero-order chi connectivity index (χ0) is 21.6. The van der Waals surface area contributed by atoms with Crippen molar-refractivity contribution < 1.29 is 14.3 Å². The van der Waals surface area contributed by atoms with Gasteiger partial charge in [-0.25, -0.2) is 9.78 Å². The molecule has 0 saturated heterocycles. The highest BCUT2D eigenvalue weighted by atomic mass is 32.1. The molecular formula is C23H27N3O3S. The average Bonchev–Trinajstić information content (AvgIpc) is 3.08. The van der Waals surface area contributed by atoms with Gasteiger partial charge in [-0.05, 0) is 57.0 Å². The molecule has 0 bridgehead atoms. The number of benzene rings is 2. The maximum absolute atomic E-state index is 12.1. The van der Waals surface area contributed by atoms with Gasteiger partial charge in [0.2, 0.25) is 5.91 Å². The van der Waals surface area contributed by atoms with Gasteiger partial charge in [0.05, 0.1) is 15.2 Å². The van der Waals surface area contributed by atoms with E-state index in [4.69, 9.17) is 4.74 Å². The molecule has 7 heteroatoms. The Morgan fingerprint density at radius 2 is 1.80 bits per heavy atom. The number of carbonyl (C=O) groups is 2. The molecule has 0 spiro atoms. The lowest BCUT2D eigenvalue weighted by molar-refractivity contribution is -0.116. The number of para-hydroxylation sites is 1. The van der Waals surface area contributed by atoms with Crippen LogP contribution in [0.4, 0.5) is 10.5 Å². The molecule has 0 atom stereocenters. The fourth-order valence-electron chi connectivity index (χ4n) is 2.85. The fraction of sp³-hybridized carbons (Fsp3) is 0.348. The molecule has 2 amide bonds. The summed E-state index contributed by atoms with van der Waals surface area (Å²) in [4.78, 5) is 28.3. The van der Waals surface area contributed by atoms with Gasteiger partial charge in [-0.1, -0.05) is 24.3 Å². The van der Waals surface area contributed by atoms with Gasteiger partial charge in [0.25, 0.3) is 0 Å². The van der Waals surface area contributed by atoms with Gasteiger partial charge < -0.3 is 15.4 Å². The van der Waals surface area contributed by atoms with Crippen LogP contribution in [0, 0.1) is 0 Å². The SMILES string of the molecule is CC(C)(C)OC(=O)NCCCC(=O)Nc1ccc(Cc2nc3ccccc3s2)cc1. The number of hydrogen-bond acceptors (Lipinski definition) is 5. The number of thiazole rings is 1. The molecule has 1 aromatic heterocycles. The number of fused-ring (bicyclic) bond motifs is 1. The summed E-state index contributed by atoms with van der Waals surface area (Å²) in [7, 11) is 0. The summed E-state index contributed by atoms with van der Waals surface area (Å²) in [5.41, 5.74) is 2.41. The Morgan fingerprint density at radius 1 is 1.07 bits per heavy atom. The van der Waals surface area contributed by atoms with Gasteiger partial charge in [-0.3, -0.25) is 4.79 Å². The third kappa shape index (κ3) is 6.84. The van der Waals surface area contributed by atoms with E-state index in [-0.39, 0.29) is 5.91 Å². The minimum absolute atomic E-state index is 0.0834. The lowest BCUT2D eigenvalue weighted by Crippen LogP contribution is -2.33. The number of rotatable bonds is 7. The van der Waals surface area contributed by atoms with Crippen LogP contribution in [-0.4, -0.2) is 29.1 Å². The van der Waals surface area contributed by atoms with Crippen molar-refractivity contribution in [3.63, 3.8) is 0 Å². The Hall–Kier alpha value is -2.93. The minimum Gasteiger partial charge on any atom is -0.444 e. The summed E-state index contributed by atoms with van der Waals surface area (Å²) in [6, 6.07) is 15.9. The molecular weight excluding hydrogens is 398 g/mol. The van der Waals surface area contributed by atoms with Crippen LogP contribution in [0.2, 0.25) is 0 Å². The molecule has 158 valence electrons. The number of nitrogens with zero attached hydrogens (tertiary/aromatic N) is 1. The van der Waals surface area contributed by atoms with E-state index in [1.54, 1.807) is 11.3 Å². The molecule has 0 aliphatic carbocycles. The summed E-state index contributed by atoms with van der Waals surface area (Å²) in [5.74, 6) is -0.0834. The normalized spacial score (nSPS) is 11.3. The van der Waals surface area contributed by atoms with Crippen LogP contribution in [0.25, 0.3) is 10.2 Å². The number of hydrogen-bond donors (Lipinski definition) is 2. The van der Waals surface area contributed by atoms with Crippen molar-refractivity contribution in [2.24, 2.45) is 0 Å². The Kier molecular flexibility index (Phi) is 7.05. The van der Waals surface area contributed by atoms with E-state index in [1.807, 2.05) is 63.2 Å². The van der Waals surface area contributed by atoms with Crippen LogP contribution in [0.5, 0.6) is 0 Å². The van der Waals surface area contributed by atoms with Crippen LogP contribution in [-0.2, 0) is 16.0 Å². The molecule has 0 radical (unpaired) electrons. The van der Waals surface area contributed by atoms with Gasteiger partial charge >= 0.3 is 6.09 Å². The Labute approximate surface area is 180 Å². The monoisotopic (exact) mass is 425 g/mol. The summed E-state index contributed by atoms with van der Waals surface area (Å²) < 4.78 is 6.35. The summed E-state index contributed by atoms with van der Waals surface area (Å²) in [5, 5.41) is 6.61. The number of alkyl carbamates (subject to hydrolysis) is 1. The predicted molar refractivity (Wildman–Crippen MR) is 121 cm³/mol. The predicted octanol–water partition coefficient (Wildman–Crippen LogP) is 5.13. The molecule has 3 rings (SSSR count). The average molecular weight is 426 g/mol. The highest BCUT2D eigenvalue weighted by Gasteiger charge is 2.15. The van der Waals surface area contributed by atoms with Gasteiger partial charge in [-0.2, -0.15) is 0 Å². The van der Waals surface area contributed by atoms with Crippen LogP contribution in [0.15, 0.2) is 48.5 Å². The second-order valence-electron chi connectivity index (χ2n) is 8.03. The van der Waals surface area contributed by atoms with Crippen molar-refractivity contribution in [1.82, 2.24) is 10.3 Å². The quantitative estimate of drug-likeness (QED) is 0.514. The highest BCUT2D eigenvalue weighted by Crippen LogP contribution is 2.24. The topological polar surface area (TPSA) is 80.3 Å². The fourth-order valence-corrected chi connectivity index (χ4v) is 3.85. The van der Waals surface area contributed by atoms with Crippen LogP contribution in [0.3, 0.4) is 0 Å². The maximum Gasteiger partial charge on any atom is 0.407 e. The number of aromatic nitrogens is 1. The van der Waals surface area contributed by atoms with E-state index in [0.29, 0.717) is 19.4 Å². The van der Waals surface area contributed by atoms with Crippen molar-refractivity contribution in [2.75, 3.05) is 11.9 Å². The van der Waals surface area contributed by atoms with E-state index in [1.165, 1.54) is 4.70 Å². The Balaban J connectivity index is 1.41. The van der Waals surface area contributed by atoms with Crippen molar-refractivity contribution in [3.05, 3.63) is 59.1 Å². The van der Waals surface area contributed by atoms with Crippen molar-refractivity contribution in [1.29, 1.82) is 0 Å². The van der Waals surface area contributed by atoms with E-state index in [9.17, 15) is 9.59 Å². The molecule has 30 heavy (non-hydrogen) atoms. The lowest BCUT2D eigenvalue weighted by atomic mass is 10.1. The van der Waals surface area contributed by atoms with Gasteiger partial charge in [0.1, 0.15) is 5.60 Å². The third-order valence-electron chi connectivity index (χ3n) is 4.18. The molecule has 2 aromatic carbocycles. The number of ether oxygens (including phenoxy) is 1. The molecule has 0 fully saturated rings. The zero-order valence-electron chi connectivity index (χ0n) is 17.5. The molecule has 1 heterocycles. The molecule has 0 aliphatic rings. The molecule has 0 saturated carbocycles. The number of amides is 2. The van der Waals surface area contributed by atoms with Crippen LogP contribution in [0.1, 0.15) is 44.2 Å². The van der Waals surface area contributed by atoms with Gasteiger partial charge in [0, 0.05) is 25.1 Å². The Bertz CT molecular complexity index is 973. The van der Waals surface area contributed by atoms with Crippen LogP contribution < -0.4 is 10.6 Å². The third-order valence-corrected chi connectivity index (χ3v) is 5.22. The van der Waals surface area contributed by atoms with E-state index in [0.717, 1.165) is 28.2 Å². The second kappa shape index (κ2) is 9.71. The van der Waals surface area contributed by atoms with E-state index < -0.39 is 11.7 Å². The smallest absolute Gasteiger partial charge is 0.407 e. The van der Waals surface area contributed by atoms with Gasteiger partial charge in [-0.15, -0.1) is 11.3 Å². The maximum atomic E-state index is 12.1. The van der Waals surface area contributed by atoms with Crippen molar-refractivity contribution >= 4 is 39.2 Å². The first kappa shape index (κ1) is 21.8. The standard InChI is InChI=1S/C23H27N3O3S/c1-23(2,3)29-22(28)24-14-6-9-20(27)25-17-12-10-16(11-13-17)15-21-26-18-7-4-5-8-19(18)30-21/h4-5,7-8,10-13H,6,9,14-15H2,1-3H3,(H,24,28)(H,25,27). The first-order valence-corrected chi connectivity index (χ1v) is 10.8. The van der Waals surface area contributed by atoms with Crippen molar-refractivity contribution in [2.45, 2.75) is 45.6 Å². The number of nitrogens with one attached hydrogen (secondary N) is 2. The van der Waals surface area contributed by atoms with E-state index >= 15 is 0 Å². The molecule has 2 N–H and O–H groups in total. The summed E-state index contributed by atoms with van der Waals surface area (Å²) in [6.07, 6.45) is 1.17. The van der Waals surface area contributed by atoms with E-state index in [2.05, 4.69) is 21.7 Å². The highest BCUT2D eigenvalue weighted by molar-refractivity contribution is 7.18. The number of carbonyl (C=O) groups excluding carboxylic acids is 2. The summed E-state index contributed by atoms with van der Waals surface area (Å²) >= 11 is 1.70. The summed E-state index contributed by atoms with van der Waals surface area (Å²) in [6.45, 7) is 5.82. The van der Waals surface area contributed by atoms with Gasteiger partial charge in [0.15, 0.2) is 0 Å². The number of anilines is 1. The largest absolute Gasteiger partial charge is 0.444 e. The zero-order valence-corrected chi connectivity index (χ0v) is 18.3. The van der Waals surface area contributed by atoms with Crippen LogP contribution >= 0.6 is 11.3 Å². The molecule has 3 aromatic rings. The molecule has 0 unspecified atom stereocenters. The lowest BCUT2D eigenvalue weighted by Gasteiger charge is -2.19. The first-order chi connectivity index (χ1) is 14.3. The first-order valence-electron chi connectivity index (χ1n) is 9.98. The Morgan fingerprint density at radius 3 is 2.50 bits per heavy atom.